The molecule has 2 aliphatic heterocycles. The van der Waals surface area contributed by atoms with Crippen LogP contribution >= 0.6 is 0 Å². The maximum absolute atomic E-state index is 12.3. The van der Waals surface area contributed by atoms with Gasteiger partial charge in [0.25, 0.3) is 0 Å². The number of amides is 1. The molecule has 0 aromatic rings. The summed E-state index contributed by atoms with van der Waals surface area (Å²) in [6, 6.07) is 0.739. The van der Waals surface area contributed by atoms with Crippen LogP contribution in [-0.4, -0.2) is 73.0 Å². The minimum atomic E-state index is 0.356. The first-order chi connectivity index (χ1) is 11.2. The summed E-state index contributed by atoms with van der Waals surface area (Å²) in [5, 5.41) is 0. The lowest BCUT2D eigenvalue weighted by Gasteiger charge is -2.42. The van der Waals surface area contributed by atoms with Crippen molar-refractivity contribution in [2.24, 2.45) is 0 Å². The van der Waals surface area contributed by atoms with E-state index in [9.17, 15) is 4.79 Å². The SMILES string of the molecule is CC#CCCCCCC(=O)N1CCN(C2CCN(C)CC2)CC1. The number of hydrogen-bond donors (Lipinski definition) is 0. The summed E-state index contributed by atoms with van der Waals surface area (Å²) >= 11 is 0. The molecule has 4 nitrogen and oxygen atoms in total. The van der Waals surface area contributed by atoms with E-state index >= 15 is 0 Å². The van der Waals surface area contributed by atoms with E-state index < -0.39 is 0 Å². The summed E-state index contributed by atoms with van der Waals surface area (Å²) in [4.78, 5) is 19.4. The van der Waals surface area contributed by atoms with Gasteiger partial charge < -0.3 is 9.80 Å². The summed E-state index contributed by atoms with van der Waals surface area (Å²) in [6.45, 7) is 8.28. The van der Waals surface area contributed by atoms with Crippen LogP contribution in [0.1, 0.15) is 51.9 Å². The van der Waals surface area contributed by atoms with E-state index in [1.54, 1.807) is 0 Å². The van der Waals surface area contributed by atoms with Gasteiger partial charge in [-0.25, -0.2) is 0 Å². The molecule has 23 heavy (non-hydrogen) atoms. The smallest absolute Gasteiger partial charge is 0.222 e. The van der Waals surface area contributed by atoms with Gasteiger partial charge in [-0.1, -0.05) is 6.42 Å². The van der Waals surface area contributed by atoms with Crippen LogP contribution in [0.3, 0.4) is 0 Å². The number of piperazine rings is 1. The van der Waals surface area contributed by atoms with E-state index in [-0.39, 0.29) is 0 Å². The van der Waals surface area contributed by atoms with E-state index in [0.717, 1.165) is 57.9 Å². The molecule has 4 heteroatoms. The van der Waals surface area contributed by atoms with Crippen LogP contribution in [0.25, 0.3) is 0 Å². The monoisotopic (exact) mass is 319 g/mol. The minimum absolute atomic E-state index is 0.356. The highest BCUT2D eigenvalue weighted by Crippen LogP contribution is 2.18. The summed E-state index contributed by atoms with van der Waals surface area (Å²) < 4.78 is 0. The molecule has 0 aliphatic carbocycles. The Morgan fingerprint density at radius 2 is 1.70 bits per heavy atom. The molecule has 0 N–H and O–H groups in total. The van der Waals surface area contributed by atoms with Crippen LogP contribution in [0.2, 0.25) is 0 Å². The third kappa shape index (κ3) is 6.16. The fraction of sp³-hybridized carbons (Fsp3) is 0.842. The van der Waals surface area contributed by atoms with Crippen molar-refractivity contribution >= 4 is 5.91 Å². The fourth-order valence-electron chi connectivity index (χ4n) is 3.65. The molecule has 2 aliphatic rings. The number of piperidine rings is 1. The lowest BCUT2D eigenvalue weighted by Crippen LogP contribution is -2.54. The van der Waals surface area contributed by atoms with Gasteiger partial charge in [0.1, 0.15) is 0 Å². The molecule has 130 valence electrons. The number of likely N-dealkylation sites (tertiary alicyclic amines) is 1. The van der Waals surface area contributed by atoms with Crippen LogP contribution in [0.5, 0.6) is 0 Å². The number of hydrogen-bond acceptors (Lipinski definition) is 3. The van der Waals surface area contributed by atoms with Crippen LogP contribution in [0.15, 0.2) is 0 Å². The minimum Gasteiger partial charge on any atom is -0.340 e. The largest absolute Gasteiger partial charge is 0.340 e. The third-order valence-electron chi connectivity index (χ3n) is 5.24. The highest BCUT2D eigenvalue weighted by atomic mass is 16.2. The molecule has 2 heterocycles. The zero-order valence-corrected chi connectivity index (χ0v) is 15.0. The normalized spacial score (nSPS) is 21.0. The molecule has 0 aromatic heterocycles. The first kappa shape index (κ1) is 18.3. The van der Waals surface area contributed by atoms with Crippen LogP contribution in [0, 0.1) is 11.8 Å². The van der Waals surface area contributed by atoms with Crippen molar-refractivity contribution in [3.63, 3.8) is 0 Å². The molecular weight excluding hydrogens is 286 g/mol. The third-order valence-corrected chi connectivity index (χ3v) is 5.24. The van der Waals surface area contributed by atoms with Crippen molar-refractivity contribution in [3.05, 3.63) is 0 Å². The van der Waals surface area contributed by atoms with Gasteiger partial charge in [0.15, 0.2) is 0 Å². The highest BCUT2D eigenvalue weighted by Gasteiger charge is 2.27. The van der Waals surface area contributed by atoms with E-state index in [2.05, 4.69) is 33.6 Å². The van der Waals surface area contributed by atoms with Gasteiger partial charge in [0.2, 0.25) is 5.91 Å². The van der Waals surface area contributed by atoms with Crippen molar-refractivity contribution < 1.29 is 4.79 Å². The molecule has 0 atom stereocenters. The van der Waals surface area contributed by atoms with Crippen molar-refractivity contribution in [1.82, 2.24) is 14.7 Å². The van der Waals surface area contributed by atoms with Gasteiger partial charge in [-0.05, 0) is 52.7 Å². The maximum atomic E-state index is 12.3. The van der Waals surface area contributed by atoms with Gasteiger partial charge in [-0.3, -0.25) is 9.69 Å². The average Bonchev–Trinajstić information content (AvgIpc) is 2.58. The Labute approximate surface area is 142 Å². The molecule has 1 amide bonds. The Hall–Kier alpha value is -1.05. The molecule has 0 saturated carbocycles. The van der Waals surface area contributed by atoms with Crippen molar-refractivity contribution in [3.8, 4) is 11.8 Å². The van der Waals surface area contributed by atoms with Crippen LogP contribution in [0.4, 0.5) is 0 Å². The maximum Gasteiger partial charge on any atom is 0.222 e. The molecule has 0 radical (unpaired) electrons. The summed E-state index contributed by atoms with van der Waals surface area (Å²) in [5.41, 5.74) is 0. The average molecular weight is 319 g/mol. The van der Waals surface area contributed by atoms with Gasteiger partial charge in [-0.15, -0.1) is 11.8 Å². The molecule has 0 bridgehead atoms. The standard InChI is InChI=1S/C19H33N3O/c1-3-4-5-6-7-8-9-19(23)22-16-14-21(15-17-22)18-10-12-20(2)13-11-18/h18H,5-17H2,1-2H3. The van der Waals surface area contributed by atoms with Crippen LogP contribution < -0.4 is 0 Å². The van der Waals surface area contributed by atoms with Crippen molar-refractivity contribution in [2.75, 3.05) is 46.3 Å². The van der Waals surface area contributed by atoms with Gasteiger partial charge in [0, 0.05) is 45.1 Å². The number of carbonyl (C=O) groups is 1. The second-order valence-electron chi connectivity index (χ2n) is 6.94. The Bertz CT molecular complexity index is 410. The molecule has 0 spiro atoms. The second-order valence-corrected chi connectivity index (χ2v) is 6.94. The molecular formula is C19H33N3O. The van der Waals surface area contributed by atoms with E-state index in [1.807, 2.05) is 6.92 Å². The Kier molecular flexibility index (Phi) is 7.91. The van der Waals surface area contributed by atoms with Crippen molar-refractivity contribution in [2.45, 2.75) is 57.9 Å². The predicted molar refractivity (Wildman–Crippen MR) is 95.2 cm³/mol. The lowest BCUT2D eigenvalue weighted by molar-refractivity contribution is -0.133. The zero-order valence-electron chi connectivity index (χ0n) is 15.0. The first-order valence-corrected chi connectivity index (χ1v) is 9.30. The van der Waals surface area contributed by atoms with E-state index in [4.69, 9.17) is 0 Å². The molecule has 2 rings (SSSR count). The Morgan fingerprint density at radius 3 is 2.35 bits per heavy atom. The highest BCUT2D eigenvalue weighted by molar-refractivity contribution is 5.76. The number of rotatable bonds is 6. The topological polar surface area (TPSA) is 26.8 Å². The van der Waals surface area contributed by atoms with Gasteiger partial charge in [-0.2, -0.15) is 0 Å². The molecule has 0 aromatic carbocycles. The van der Waals surface area contributed by atoms with Gasteiger partial charge in [0.05, 0.1) is 0 Å². The predicted octanol–water partition coefficient (Wildman–Crippen LogP) is 2.20. The zero-order chi connectivity index (χ0) is 16.5. The number of carbonyl (C=O) groups excluding carboxylic acids is 1. The second kappa shape index (κ2) is 9.95. The summed E-state index contributed by atoms with van der Waals surface area (Å²) in [7, 11) is 2.21. The van der Waals surface area contributed by atoms with E-state index in [1.165, 1.54) is 25.9 Å². The summed E-state index contributed by atoms with van der Waals surface area (Å²) in [5.74, 6) is 6.36. The molecule has 2 fully saturated rings. The number of nitrogens with zero attached hydrogens (tertiary/aromatic N) is 3. The van der Waals surface area contributed by atoms with Crippen molar-refractivity contribution in [1.29, 1.82) is 0 Å². The fourth-order valence-corrected chi connectivity index (χ4v) is 3.65. The van der Waals surface area contributed by atoms with Crippen LogP contribution in [-0.2, 0) is 4.79 Å². The first-order valence-electron chi connectivity index (χ1n) is 9.30. The van der Waals surface area contributed by atoms with Gasteiger partial charge >= 0.3 is 0 Å². The number of unbranched alkanes of at least 4 members (excludes halogenated alkanes) is 3. The Balaban J connectivity index is 1.59. The quantitative estimate of drug-likeness (QED) is 0.555. The van der Waals surface area contributed by atoms with E-state index in [0.29, 0.717) is 12.3 Å². The molecule has 2 saturated heterocycles. The molecule has 0 unspecified atom stereocenters. The Morgan fingerprint density at radius 1 is 1.00 bits per heavy atom. The summed E-state index contributed by atoms with van der Waals surface area (Å²) in [6.07, 6.45) is 7.51. The lowest BCUT2D eigenvalue weighted by atomic mass is 10.0.